The van der Waals surface area contributed by atoms with E-state index < -0.39 is 83.2 Å². The normalized spacial score (nSPS) is 35.9. The molecule has 3 aliphatic rings. The third-order valence-corrected chi connectivity index (χ3v) is 9.76. The smallest absolute Gasteiger partial charge is 0.303 e. The Morgan fingerprint density at radius 1 is 0.804 bits per heavy atom. The van der Waals surface area contributed by atoms with Crippen LogP contribution >= 0.6 is 0 Å². The van der Waals surface area contributed by atoms with Crippen molar-refractivity contribution < 1.29 is 53.0 Å². The van der Waals surface area contributed by atoms with Crippen LogP contribution in [0.2, 0.25) is 0 Å². The van der Waals surface area contributed by atoms with Gasteiger partial charge in [0.1, 0.15) is 29.8 Å². The number of hydrogen-bond donors (Lipinski definition) is 2. The van der Waals surface area contributed by atoms with Gasteiger partial charge in [0, 0.05) is 33.1 Å². The Morgan fingerprint density at radius 3 is 1.87 bits per heavy atom. The lowest BCUT2D eigenvalue weighted by atomic mass is 9.45. The van der Waals surface area contributed by atoms with Gasteiger partial charge in [-0.25, -0.2) is 0 Å². The van der Waals surface area contributed by atoms with Crippen LogP contribution in [0.1, 0.15) is 59.1 Å². The molecule has 2 saturated carbocycles. The average molecular weight is 641 g/mol. The van der Waals surface area contributed by atoms with Gasteiger partial charge in [-0.1, -0.05) is 60.7 Å². The second kappa shape index (κ2) is 12.7. The largest absolute Gasteiger partial charge is 0.465 e. The van der Waals surface area contributed by atoms with Crippen molar-refractivity contribution in [2.45, 2.75) is 108 Å². The fraction of sp³-hybridized carbons (Fsp3) is 0.571. The van der Waals surface area contributed by atoms with E-state index in [2.05, 4.69) is 0 Å². The van der Waals surface area contributed by atoms with E-state index in [-0.39, 0.29) is 19.6 Å². The lowest BCUT2D eigenvalue weighted by Gasteiger charge is -2.66. The number of aliphatic hydroxyl groups is 2. The van der Waals surface area contributed by atoms with E-state index >= 15 is 0 Å². The maximum Gasteiger partial charge on any atom is 0.303 e. The van der Waals surface area contributed by atoms with E-state index in [0.717, 1.165) is 11.1 Å². The van der Waals surface area contributed by atoms with Gasteiger partial charge in [-0.15, -0.1) is 0 Å². The van der Waals surface area contributed by atoms with Gasteiger partial charge in [0.15, 0.2) is 6.10 Å². The van der Waals surface area contributed by atoms with Crippen molar-refractivity contribution >= 4 is 17.9 Å². The fourth-order valence-corrected chi connectivity index (χ4v) is 8.23. The highest BCUT2D eigenvalue weighted by Gasteiger charge is 2.86. The lowest BCUT2D eigenvalue weighted by molar-refractivity contribution is -0.370. The van der Waals surface area contributed by atoms with Crippen molar-refractivity contribution in [3.8, 4) is 0 Å². The van der Waals surface area contributed by atoms with Crippen LogP contribution < -0.4 is 0 Å². The van der Waals surface area contributed by atoms with Crippen molar-refractivity contribution in [3.63, 3.8) is 0 Å². The summed E-state index contributed by atoms with van der Waals surface area (Å²) in [6.45, 7) is 8.33. The van der Waals surface area contributed by atoms with E-state index in [9.17, 15) is 24.6 Å². The highest BCUT2D eigenvalue weighted by atomic mass is 16.6. The van der Waals surface area contributed by atoms with Gasteiger partial charge >= 0.3 is 17.9 Å². The summed E-state index contributed by atoms with van der Waals surface area (Å²) in [5, 5.41) is 24.9. The van der Waals surface area contributed by atoms with Crippen LogP contribution in [-0.2, 0) is 56.0 Å². The first-order valence-corrected chi connectivity index (χ1v) is 15.6. The van der Waals surface area contributed by atoms with Gasteiger partial charge < -0.3 is 38.6 Å². The molecule has 0 radical (unpaired) electrons. The molecule has 5 rings (SSSR count). The third-order valence-electron chi connectivity index (χ3n) is 9.76. The monoisotopic (exact) mass is 640 g/mol. The minimum absolute atomic E-state index is 0.0466. The van der Waals surface area contributed by atoms with Crippen molar-refractivity contribution in [3.05, 3.63) is 71.8 Å². The third kappa shape index (κ3) is 5.73. The Morgan fingerprint density at radius 2 is 1.35 bits per heavy atom. The van der Waals surface area contributed by atoms with Gasteiger partial charge in [-0.2, -0.15) is 0 Å². The molecule has 11 heteroatoms. The summed E-state index contributed by atoms with van der Waals surface area (Å²) < 4.78 is 37.9. The molecule has 1 aliphatic heterocycles. The maximum atomic E-state index is 12.8. The van der Waals surface area contributed by atoms with Crippen molar-refractivity contribution in [1.29, 1.82) is 0 Å². The van der Waals surface area contributed by atoms with Gasteiger partial charge in [-0.05, 0) is 31.9 Å². The highest BCUT2D eigenvalue weighted by molar-refractivity contribution is 5.68. The standard InChI is InChI=1S/C35H44O11/c1-21(36)43-20-34-30(45-23(3)38)26(44-22(2)37)17-33(6,40)35(34)29(39)27(32(4,5)46-35)28(41-18-24-13-9-7-10-14-24)31(34)42-19-25-15-11-8-12-16-25/h7-16,26-31,39-40H,17-20H2,1-6H3/t26-,27?,28-,29+,30-,31+,33-,34-,35?/m0/s1. The van der Waals surface area contributed by atoms with Gasteiger partial charge in [0.25, 0.3) is 0 Å². The van der Waals surface area contributed by atoms with E-state index in [0.29, 0.717) is 0 Å². The number of ether oxygens (including phenoxy) is 6. The number of aliphatic hydroxyl groups excluding tert-OH is 1. The highest BCUT2D eigenvalue weighted by Crippen LogP contribution is 2.69. The summed E-state index contributed by atoms with van der Waals surface area (Å²) in [6.07, 6.45) is -6.41. The van der Waals surface area contributed by atoms with Crippen molar-refractivity contribution in [1.82, 2.24) is 0 Å². The number of esters is 3. The molecule has 3 fully saturated rings. The number of rotatable bonds is 10. The molecular formula is C35H44O11. The summed E-state index contributed by atoms with van der Waals surface area (Å²) in [4.78, 5) is 37.8. The molecule has 0 aromatic heterocycles. The average Bonchev–Trinajstić information content (AvgIpc) is 3.15. The molecule has 2 aromatic carbocycles. The Labute approximate surface area is 269 Å². The first-order chi connectivity index (χ1) is 21.7. The van der Waals surface area contributed by atoms with E-state index in [1.165, 1.54) is 27.7 Å². The molecule has 1 saturated heterocycles. The maximum absolute atomic E-state index is 12.8. The van der Waals surface area contributed by atoms with Crippen molar-refractivity contribution in [2.24, 2.45) is 11.3 Å². The second-order valence-corrected chi connectivity index (χ2v) is 13.4. The quantitative estimate of drug-likeness (QED) is 0.291. The fourth-order valence-electron chi connectivity index (χ4n) is 8.23. The van der Waals surface area contributed by atoms with Crippen LogP contribution in [0.3, 0.4) is 0 Å². The Hall–Kier alpha value is -3.35. The predicted molar refractivity (Wildman–Crippen MR) is 163 cm³/mol. The Bertz CT molecular complexity index is 1410. The van der Waals surface area contributed by atoms with Crippen LogP contribution in [-0.4, -0.2) is 82.1 Å². The molecule has 2 aliphatic carbocycles. The molecule has 2 aromatic rings. The minimum Gasteiger partial charge on any atom is -0.465 e. The number of hydrogen-bond acceptors (Lipinski definition) is 11. The topological polar surface area (TPSA) is 147 Å². The van der Waals surface area contributed by atoms with Crippen LogP contribution in [0.25, 0.3) is 0 Å². The number of benzene rings is 2. The number of fused-ring (bicyclic) bond motifs is 1. The minimum atomic E-state index is -1.95. The van der Waals surface area contributed by atoms with Gasteiger partial charge in [0.05, 0.1) is 36.6 Å². The first kappa shape index (κ1) is 34.0. The summed E-state index contributed by atoms with van der Waals surface area (Å²) in [7, 11) is 0. The number of carbonyl (C=O) groups excluding carboxylic acids is 3. The van der Waals surface area contributed by atoms with E-state index in [1.807, 2.05) is 60.7 Å². The van der Waals surface area contributed by atoms with Gasteiger partial charge in [-0.3, -0.25) is 14.4 Å². The SMILES string of the molecule is CC(=O)OC[C@]12[C@H](OCc3ccccc3)[C@@H](OCc3ccccc3)C3[C@@H](O)C1(OC3(C)C)[C@@](C)(O)C[C@H](OC(C)=O)[C@@H]2OC(C)=O. The predicted octanol–water partition coefficient (Wildman–Crippen LogP) is 3.26. The molecule has 2 N–H and O–H groups in total. The summed E-state index contributed by atoms with van der Waals surface area (Å²) in [5.41, 5.74) is -5.20. The summed E-state index contributed by atoms with van der Waals surface area (Å²) in [5.74, 6) is -2.84. The van der Waals surface area contributed by atoms with E-state index in [4.69, 9.17) is 28.4 Å². The van der Waals surface area contributed by atoms with Crippen LogP contribution in [0.15, 0.2) is 60.7 Å². The van der Waals surface area contributed by atoms with Crippen LogP contribution in [0, 0.1) is 11.3 Å². The molecule has 11 nitrogen and oxygen atoms in total. The van der Waals surface area contributed by atoms with Crippen LogP contribution in [0.5, 0.6) is 0 Å². The Kier molecular flexibility index (Phi) is 9.38. The first-order valence-electron chi connectivity index (χ1n) is 15.6. The molecule has 9 atom stereocenters. The molecule has 46 heavy (non-hydrogen) atoms. The zero-order valence-corrected chi connectivity index (χ0v) is 27.1. The molecular weight excluding hydrogens is 596 g/mol. The number of carbonyl (C=O) groups is 3. The molecule has 2 unspecified atom stereocenters. The van der Waals surface area contributed by atoms with Crippen molar-refractivity contribution in [2.75, 3.05) is 6.61 Å². The van der Waals surface area contributed by atoms with E-state index in [1.54, 1.807) is 13.8 Å². The zero-order chi connectivity index (χ0) is 33.5. The molecule has 2 bridgehead atoms. The van der Waals surface area contributed by atoms with Gasteiger partial charge in [0.2, 0.25) is 0 Å². The second-order valence-electron chi connectivity index (χ2n) is 13.4. The zero-order valence-electron chi connectivity index (χ0n) is 27.1. The molecule has 1 spiro atoms. The molecule has 1 heterocycles. The summed E-state index contributed by atoms with van der Waals surface area (Å²) >= 11 is 0. The van der Waals surface area contributed by atoms with Crippen LogP contribution in [0.4, 0.5) is 0 Å². The molecule has 0 amide bonds. The molecule has 250 valence electrons. The lowest BCUT2D eigenvalue weighted by Crippen LogP contribution is -2.85. The summed E-state index contributed by atoms with van der Waals surface area (Å²) in [6, 6.07) is 18.8. The Balaban J connectivity index is 1.78.